The van der Waals surface area contributed by atoms with Crippen molar-refractivity contribution in [1.82, 2.24) is 5.32 Å². The fourth-order valence-electron chi connectivity index (χ4n) is 2.07. The molecular formula is C10H19NO2. The molecule has 0 radical (unpaired) electrons. The van der Waals surface area contributed by atoms with Gasteiger partial charge in [0.25, 0.3) is 0 Å². The second kappa shape index (κ2) is 4.09. The average Bonchev–Trinajstić information content (AvgIpc) is 2.09. The van der Waals surface area contributed by atoms with Crippen LogP contribution in [0, 0.1) is 5.92 Å². The van der Waals surface area contributed by atoms with Crippen molar-refractivity contribution in [2.75, 3.05) is 13.7 Å². The van der Waals surface area contributed by atoms with Gasteiger partial charge in [-0.15, -0.1) is 0 Å². The molecule has 0 heterocycles. The summed E-state index contributed by atoms with van der Waals surface area (Å²) in [5, 5.41) is 3.29. The van der Waals surface area contributed by atoms with Gasteiger partial charge in [0.2, 0.25) is 0 Å². The first-order valence-electron chi connectivity index (χ1n) is 4.98. The normalized spacial score (nSPS) is 32.4. The molecular weight excluding hydrogens is 166 g/mol. The molecule has 1 N–H and O–H groups in total. The number of esters is 1. The van der Waals surface area contributed by atoms with Crippen LogP contribution in [0.25, 0.3) is 0 Å². The van der Waals surface area contributed by atoms with Gasteiger partial charge in [0.1, 0.15) is 5.54 Å². The Balaban J connectivity index is 2.50. The second-order valence-electron chi connectivity index (χ2n) is 4.01. The van der Waals surface area contributed by atoms with Crippen LogP contribution in [0.15, 0.2) is 0 Å². The number of hydrogen-bond donors (Lipinski definition) is 1. The molecule has 0 aliphatic heterocycles. The third kappa shape index (κ3) is 2.02. The molecule has 0 bridgehead atoms. The van der Waals surface area contributed by atoms with E-state index in [0.717, 1.165) is 25.8 Å². The van der Waals surface area contributed by atoms with E-state index < -0.39 is 0 Å². The van der Waals surface area contributed by atoms with Crippen LogP contribution >= 0.6 is 0 Å². The van der Waals surface area contributed by atoms with Gasteiger partial charge in [0.15, 0.2) is 0 Å². The fraction of sp³-hybridized carbons (Fsp3) is 0.900. The molecule has 0 amide bonds. The number of rotatable bonds is 4. The Morgan fingerprint density at radius 2 is 2.23 bits per heavy atom. The van der Waals surface area contributed by atoms with Gasteiger partial charge in [-0.25, -0.2) is 0 Å². The molecule has 0 atom stereocenters. The predicted molar refractivity (Wildman–Crippen MR) is 51.4 cm³/mol. The van der Waals surface area contributed by atoms with Gasteiger partial charge >= 0.3 is 5.97 Å². The minimum Gasteiger partial charge on any atom is -0.468 e. The van der Waals surface area contributed by atoms with Crippen molar-refractivity contribution in [1.29, 1.82) is 0 Å². The lowest BCUT2D eigenvalue weighted by atomic mass is 9.69. The standard InChI is InChI=1S/C10H19NO2/c1-4-5-11-10(9(12)13-3)6-8(2)7-10/h8,11H,4-7H2,1-3H3. The number of methoxy groups -OCH3 is 1. The molecule has 0 saturated heterocycles. The summed E-state index contributed by atoms with van der Waals surface area (Å²) in [4.78, 5) is 11.5. The smallest absolute Gasteiger partial charge is 0.326 e. The summed E-state index contributed by atoms with van der Waals surface area (Å²) >= 11 is 0. The third-order valence-electron chi connectivity index (χ3n) is 2.68. The highest BCUT2D eigenvalue weighted by Crippen LogP contribution is 2.38. The molecule has 0 aromatic heterocycles. The van der Waals surface area contributed by atoms with Crippen LogP contribution < -0.4 is 5.32 Å². The zero-order chi connectivity index (χ0) is 9.90. The van der Waals surface area contributed by atoms with E-state index >= 15 is 0 Å². The number of ether oxygens (including phenoxy) is 1. The van der Waals surface area contributed by atoms with Crippen molar-refractivity contribution in [3.8, 4) is 0 Å². The Morgan fingerprint density at radius 3 is 2.62 bits per heavy atom. The molecule has 1 fully saturated rings. The maximum Gasteiger partial charge on any atom is 0.326 e. The highest BCUT2D eigenvalue weighted by atomic mass is 16.5. The lowest BCUT2D eigenvalue weighted by molar-refractivity contribution is -0.154. The van der Waals surface area contributed by atoms with E-state index in [0.29, 0.717) is 5.92 Å². The topological polar surface area (TPSA) is 38.3 Å². The minimum absolute atomic E-state index is 0.0981. The van der Waals surface area contributed by atoms with Gasteiger partial charge < -0.3 is 10.1 Å². The van der Waals surface area contributed by atoms with E-state index in [1.165, 1.54) is 7.11 Å². The van der Waals surface area contributed by atoms with Gasteiger partial charge in [0.05, 0.1) is 7.11 Å². The first kappa shape index (κ1) is 10.5. The summed E-state index contributed by atoms with van der Waals surface area (Å²) in [6.45, 7) is 5.15. The lowest BCUT2D eigenvalue weighted by Gasteiger charge is -2.44. The first-order chi connectivity index (χ1) is 6.14. The largest absolute Gasteiger partial charge is 0.468 e. The zero-order valence-corrected chi connectivity index (χ0v) is 8.72. The number of carbonyl (C=O) groups is 1. The summed E-state index contributed by atoms with van der Waals surface area (Å²) in [7, 11) is 1.46. The quantitative estimate of drug-likeness (QED) is 0.671. The maximum atomic E-state index is 11.5. The minimum atomic E-state index is -0.357. The van der Waals surface area contributed by atoms with Gasteiger partial charge in [-0.05, 0) is 31.7 Å². The van der Waals surface area contributed by atoms with Crippen molar-refractivity contribution >= 4 is 5.97 Å². The monoisotopic (exact) mass is 185 g/mol. The van der Waals surface area contributed by atoms with Crippen LogP contribution in [0.2, 0.25) is 0 Å². The molecule has 1 rings (SSSR count). The number of nitrogens with one attached hydrogen (secondary N) is 1. The summed E-state index contributed by atoms with van der Waals surface area (Å²) in [6.07, 6.45) is 2.88. The van der Waals surface area contributed by atoms with Crippen LogP contribution in [0.1, 0.15) is 33.1 Å². The van der Waals surface area contributed by atoms with Crippen molar-refractivity contribution in [2.45, 2.75) is 38.6 Å². The van der Waals surface area contributed by atoms with Crippen molar-refractivity contribution in [2.24, 2.45) is 5.92 Å². The van der Waals surface area contributed by atoms with E-state index in [1.807, 2.05) is 0 Å². The van der Waals surface area contributed by atoms with E-state index in [1.54, 1.807) is 0 Å². The van der Waals surface area contributed by atoms with Crippen LogP contribution in [-0.2, 0) is 9.53 Å². The average molecular weight is 185 g/mol. The van der Waals surface area contributed by atoms with Crippen LogP contribution in [0.4, 0.5) is 0 Å². The Morgan fingerprint density at radius 1 is 1.62 bits per heavy atom. The molecule has 3 heteroatoms. The van der Waals surface area contributed by atoms with Crippen LogP contribution in [-0.4, -0.2) is 25.2 Å². The SMILES string of the molecule is CCCNC1(C(=O)OC)CC(C)C1. The van der Waals surface area contributed by atoms with Gasteiger partial charge in [0, 0.05) is 0 Å². The Kier molecular flexibility index (Phi) is 3.31. The molecule has 3 nitrogen and oxygen atoms in total. The van der Waals surface area contributed by atoms with Gasteiger partial charge in [-0.3, -0.25) is 4.79 Å². The summed E-state index contributed by atoms with van der Waals surface area (Å²) in [5.41, 5.74) is -0.357. The second-order valence-corrected chi connectivity index (χ2v) is 4.01. The number of hydrogen-bond acceptors (Lipinski definition) is 3. The number of carbonyl (C=O) groups excluding carboxylic acids is 1. The molecule has 1 aliphatic carbocycles. The molecule has 0 spiro atoms. The predicted octanol–water partition coefficient (Wildman–Crippen LogP) is 1.33. The van der Waals surface area contributed by atoms with Gasteiger partial charge in [-0.2, -0.15) is 0 Å². The van der Waals surface area contributed by atoms with Crippen LogP contribution in [0.5, 0.6) is 0 Å². The van der Waals surface area contributed by atoms with Crippen LogP contribution in [0.3, 0.4) is 0 Å². The highest BCUT2D eigenvalue weighted by molar-refractivity contribution is 5.82. The molecule has 0 aromatic rings. The molecule has 0 unspecified atom stereocenters. The van der Waals surface area contributed by atoms with Crippen molar-refractivity contribution < 1.29 is 9.53 Å². The fourth-order valence-corrected chi connectivity index (χ4v) is 2.07. The molecule has 1 aliphatic rings. The highest BCUT2D eigenvalue weighted by Gasteiger charge is 2.48. The third-order valence-corrected chi connectivity index (χ3v) is 2.68. The van der Waals surface area contributed by atoms with E-state index in [4.69, 9.17) is 4.74 Å². The van der Waals surface area contributed by atoms with E-state index in [-0.39, 0.29) is 11.5 Å². The van der Waals surface area contributed by atoms with Crippen molar-refractivity contribution in [3.05, 3.63) is 0 Å². The van der Waals surface area contributed by atoms with E-state index in [9.17, 15) is 4.79 Å². The first-order valence-corrected chi connectivity index (χ1v) is 4.98. The maximum absolute atomic E-state index is 11.5. The zero-order valence-electron chi connectivity index (χ0n) is 8.72. The lowest BCUT2D eigenvalue weighted by Crippen LogP contribution is -2.60. The van der Waals surface area contributed by atoms with Crippen molar-refractivity contribution in [3.63, 3.8) is 0 Å². The summed E-state index contributed by atoms with van der Waals surface area (Å²) < 4.78 is 4.80. The Hall–Kier alpha value is -0.570. The Labute approximate surface area is 79.8 Å². The molecule has 76 valence electrons. The van der Waals surface area contributed by atoms with E-state index in [2.05, 4.69) is 19.2 Å². The van der Waals surface area contributed by atoms with Gasteiger partial charge in [-0.1, -0.05) is 13.8 Å². The summed E-state index contributed by atoms with van der Waals surface area (Å²) in [6, 6.07) is 0. The molecule has 13 heavy (non-hydrogen) atoms. The summed E-state index contributed by atoms with van der Waals surface area (Å²) in [5.74, 6) is 0.544. The molecule has 1 saturated carbocycles. The Bertz CT molecular complexity index is 185. The molecule has 0 aromatic carbocycles.